The minimum atomic E-state index is -1.05. The number of methoxy groups -OCH3 is 3. The van der Waals surface area contributed by atoms with Crippen molar-refractivity contribution in [2.24, 2.45) is 0 Å². The summed E-state index contributed by atoms with van der Waals surface area (Å²) >= 11 is 16.8. The van der Waals surface area contributed by atoms with Crippen molar-refractivity contribution in [3.63, 3.8) is 0 Å². The van der Waals surface area contributed by atoms with E-state index < -0.39 is 17.9 Å². The third kappa shape index (κ3) is 11.2. The van der Waals surface area contributed by atoms with Gasteiger partial charge < -0.3 is 29.5 Å². The Morgan fingerprint density at radius 2 is 0.757 bits per heavy atom. The molecule has 0 atom stereocenters. The molecule has 13 heteroatoms. The van der Waals surface area contributed by atoms with Crippen LogP contribution >= 0.6 is 34.8 Å². The number of aromatic carboxylic acids is 3. The molecular weight excluding hydrogens is 628 g/mol. The van der Waals surface area contributed by atoms with Gasteiger partial charge in [-0.05, 0) is 54.6 Å². The second-order valence-corrected chi connectivity index (χ2v) is 7.76. The van der Waals surface area contributed by atoms with E-state index in [0.717, 1.165) is 0 Å². The maximum absolute atomic E-state index is 10.6. The summed E-state index contributed by atoms with van der Waals surface area (Å²) in [4.78, 5) is 31.8. The Labute approximate surface area is 252 Å². The first kappa shape index (κ1) is 34.4. The van der Waals surface area contributed by atoms with Crippen molar-refractivity contribution in [2.45, 2.75) is 0 Å². The number of hydrogen-bond acceptors (Lipinski definition) is 6. The molecule has 0 heterocycles. The fourth-order valence-electron chi connectivity index (χ4n) is 2.54. The van der Waals surface area contributed by atoms with E-state index in [4.69, 9.17) is 64.3 Å². The molecule has 0 amide bonds. The van der Waals surface area contributed by atoms with E-state index in [1.807, 2.05) is 0 Å². The van der Waals surface area contributed by atoms with Gasteiger partial charge >= 0.3 is 17.9 Å². The van der Waals surface area contributed by atoms with Crippen molar-refractivity contribution in [1.82, 2.24) is 0 Å². The van der Waals surface area contributed by atoms with Gasteiger partial charge in [0.25, 0.3) is 0 Å². The maximum atomic E-state index is 10.6. The van der Waals surface area contributed by atoms with Crippen LogP contribution in [0.3, 0.4) is 0 Å². The SMILES string of the molecule is COc1ccc(Cl)cc1C(=O)O.COc1ccc(Cl)cc1C(=O)O.COc1ccc(Cl)cc1C(=O)O.[Y]. The van der Waals surface area contributed by atoms with Crippen LogP contribution in [-0.4, -0.2) is 54.6 Å². The molecule has 0 saturated heterocycles. The van der Waals surface area contributed by atoms with Gasteiger partial charge in [-0.25, -0.2) is 14.4 Å². The Bertz CT molecular complexity index is 1090. The summed E-state index contributed by atoms with van der Waals surface area (Å²) in [6.07, 6.45) is 0. The Morgan fingerprint density at radius 3 is 0.919 bits per heavy atom. The van der Waals surface area contributed by atoms with Crippen LogP contribution in [0.5, 0.6) is 17.2 Å². The Morgan fingerprint density at radius 1 is 0.541 bits per heavy atom. The van der Waals surface area contributed by atoms with Crippen LogP contribution in [0.15, 0.2) is 54.6 Å². The van der Waals surface area contributed by atoms with Gasteiger partial charge in [0.15, 0.2) is 0 Å². The molecule has 0 saturated carbocycles. The molecule has 3 N–H and O–H groups in total. The Kier molecular flexibility index (Phi) is 15.9. The molecular formula is C24H21Cl3O9Y. The second-order valence-electron chi connectivity index (χ2n) is 6.45. The number of carboxylic acids is 3. The zero-order valence-electron chi connectivity index (χ0n) is 19.7. The number of carboxylic acid groups (broad SMARTS) is 3. The Balaban J connectivity index is 0.000000518. The third-order valence-electron chi connectivity index (χ3n) is 4.18. The summed E-state index contributed by atoms with van der Waals surface area (Å²) in [5, 5.41) is 27.2. The van der Waals surface area contributed by atoms with Crippen LogP contribution in [0, 0.1) is 0 Å². The zero-order valence-corrected chi connectivity index (χ0v) is 24.8. The minimum absolute atomic E-state index is 0. The van der Waals surface area contributed by atoms with Crippen molar-refractivity contribution in [3.8, 4) is 17.2 Å². The molecule has 1 radical (unpaired) electrons. The fraction of sp³-hybridized carbons (Fsp3) is 0.125. The first-order chi connectivity index (χ1) is 16.9. The van der Waals surface area contributed by atoms with Crippen LogP contribution < -0.4 is 14.2 Å². The van der Waals surface area contributed by atoms with Gasteiger partial charge in [0.2, 0.25) is 0 Å². The number of hydrogen-bond donors (Lipinski definition) is 3. The summed E-state index contributed by atoms with van der Waals surface area (Å²) in [6.45, 7) is 0. The molecule has 9 nitrogen and oxygen atoms in total. The first-order valence-electron chi connectivity index (χ1n) is 9.65. The van der Waals surface area contributed by atoms with Crippen molar-refractivity contribution < 1.29 is 76.6 Å². The number of benzene rings is 3. The van der Waals surface area contributed by atoms with Gasteiger partial charge in [-0.1, -0.05) is 34.8 Å². The van der Waals surface area contributed by atoms with Crippen LogP contribution in [0.2, 0.25) is 15.1 Å². The quantitative estimate of drug-likeness (QED) is 0.288. The number of carbonyl (C=O) groups is 3. The third-order valence-corrected chi connectivity index (χ3v) is 4.88. The molecule has 3 aromatic carbocycles. The average Bonchev–Trinajstić information content (AvgIpc) is 2.84. The van der Waals surface area contributed by atoms with Crippen LogP contribution in [-0.2, 0) is 32.7 Å². The normalized spacial score (nSPS) is 9.24. The number of halogens is 3. The summed E-state index contributed by atoms with van der Waals surface area (Å²) in [6, 6.07) is 13.3. The van der Waals surface area contributed by atoms with E-state index in [-0.39, 0.29) is 49.4 Å². The van der Waals surface area contributed by atoms with Crippen molar-refractivity contribution in [2.75, 3.05) is 21.3 Å². The Hall–Kier alpha value is -2.56. The molecule has 0 aliphatic heterocycles. The molecule has 3 rings (SSSR count). The average molecular weight is 649 g/mol. The van der Waals surface area contributed by atoms with Gasteiger partial charge in [-0.3, -0.25) is 0 Å². The van der Waals surface area contributed by atoms with E-state index in [1.54, 1.807) is 18.2 Å². The predicted octanol–water partition coefficient (Wildman–Crippen LogP) is 6.14. The van der Waals surface area contributed by atoms with Gasteiger partial charge in [0.05, 0.1) is 21.3 Å². The second kappa shape index (κ2) is 17.0. The van der Waals surface area contributed by atoms with Crippen molar-refractivity contribution in [3.05, 3.63) is 86.4 Å². The van der Waals surface area contributed by atoms with Gasteiger partial charge in [0.1, 0.15) is 33.9 Å². The van der Waals surface area contributed by atoms with Gasteiger partial charge in [-0.2, -0.15) is 0 Å². The molecule has 0 unspecified atom stereocenters. The molecule has 0 fully saturated rings. The van der Waals surface area contributed by atoms with Gasteiger partial charge in [-0.15, -0.1) is 0 Å². The van der Waals surface area contributed by atoms with E-state index in [2.05, 4.69) is 0 Å². The summed E-state index contributed by atoms with van der Waals surface area (Å²) < 4.78 is 14.5. The first-order valence-corrected chi connectivity index (χ1v) is 10.8. The van der Waals surface area contributed by atoms with E-state index in [0.29, 0.717) is 32.3 Å². The van der Waals surface area contributed by atoms with Gasteiger partial charge in [0, 0.05) is 47.8 Å². The molecule has 195 valence electrons. The zero-order chi connectivity index (χ0) is 27.4. The summed E-state index contributed by atoms with van der Waals surface area (Å²) in [7, 11) is 4.24. The molecule has 0 spiro atoms. The smallest absolute Gasteiger partial charge is 0.339 e. The summed E-state index contributed by atoms with van der Waals surface area (Å²) in [5.41, 5.74) is 0.222. The molecule has 0 bridgehead atoms. The van der Waals surface area contributed by atoms with Crippen molar-refractivity contribution >= 4 is 52.7 Å². The maximum Gasteiger partial charge on any atom is 0.339 e. The topological polar surface area (TPSA) is 140 Å². The van der Waals surface area contributed by atoms with Crippen molar-refractivity contribution in [1.29, 1.82) is 0 Å². The van der Waals surface area contributed by atoms with E-state index in [1.165, 1.54) is 57.7 Å². The largest absolute Gasteiger partial charge is 0.496 e. The molecule has 37 heavy (non-hydrogen) atoms. The number of ether oxygens (including phenoxy) is 3. The van der Waals surface area contributed by atoms with Crippen LogP contribution in [0.1, 0.15) is 31.1 Å². The molecule has 3 aromatic rings. The molecule has 0 aromatic heterocycles. The predicted molar refractivity (Wildman–Crippen MR) is 135 cm³/mol. The fourth-order valence-corrected chi connectivity index (χ4v) is 3.06. The van der Waals surface area contributed by atoms with E-state index >= 15 is 0 Å². The monoisotopic (exact) mass is 647 g/mol. The number of rotatable bonds is 6. The summed E-state index contributed by atoms with van der Waals surface area (Å²) in [5.74, 6) is -2.20. The standard InChI is InChI=1S/3C8H7ClO3.Y/c3*1-12-7-3-2-5(9)4-6(7)8(10)11;/h3*2-4H,1H3,(H,10,11);. The molecule has 0 aliphatic rings. The van der Waals surface area contributed by atoms with E-state index in [9.17, 15) is 14.4 Å². The molecule has 0 aliphatic carbocycles. The van der Waals surface area contributed by atoms with Crippen LogP contribution in [0.4, 0.5) is 0 Å². The van der Waals surface area contributed by atoms with Crippen LogP contribution in [0.25, 0.3) is 0 Å². The minimum Gasteiger partial charge on any atom is -0.496 e.